The predicted octanol–water partition coefficient (Wildman–Crippen LogP) is 3.30. The van der Waals surface area contributed by atoms with E-state index in [9.17, 15) is 8.42 Å². The molecule has 1 N–H and O–H groups in total. The van der Waals surface area contributed by atoms with Gasteiger partial charge in [-0.05, 0) is 63.3 Å². The van der Waals surface area contributed by atoms with Gasteiger partial charge in [0, 0.05) is 24.8 Å². The van der Waals surface area contributed by atoms with E-state index in [0.29, 0.717) is 4.90 Å². The van der Waals surface area contributed by atoms with Crippen LogP contribution in [0.1, 0.15) is 44.2 Å². The van der Waals surface area contributed by atoms with Gasteiger partial charge in [-0.25, -0.2) is 8.42 Å². The zero-order valence-electron chi connectivity index (χ0n) is 13.6. The van der Waals surface area contributed by atoms with Gasteiger partial charge in [0.15, 0.2) is 0 Å². The third kappa shape index (κ3) is 2.81. The van der Waals surface area contributed by atoms with E-state index < -0.39 is 10.0 Å². The van der Waals surface area contributed by atoms with Crippen molar-refractivity contribution in [3.63, 3.8) is 0 Å². The van der Waals surface area contributed by atoms with Crippen molar-refractivity contribution in [1.82, 2.24) is 4.31 Å². The second-order valence-electron chi connectivity index (χ2n) is 6.01. The van der Waals surface area contributed by atoms with Crippen LogP contribution >= 0.6 is 0 Å². The van der Waals surface area contributed by atoms with E-state index in [1.165, 1.54) is 0 Å². The maximum atomic E-state index is 13.2. The fraction of sp³-hybridized carbons (Fsp3) is 0.625. The molecule has 0 saturated carbocycles. The van der Waals surface area contributed by atoms with Crippen LogP contribution in [-0.2, 0) is 10.0 Å². The number of nitrogens with zero attached hydrogens (tertiary/aromatic N) is 1. The number of anilines is 1. The van der Waals surface area contributed by atoms with Crippen LogP contribution < -0.4 is 5.32 Å². The van der Waals surface area contributed by atoms with Gasteiger partial charge in [0.05, 0.1) is 4.90 Å². The molecule has 1 saturated heterocycles. The summed E-state index contributed by atoms with van der Waals surface area (Å²) in [5.41, 5.74) is 2.58. The highest BCUT2D eigenvalue weighted by atomic mass is 32.2. The van der Waals surface area contributed by atoms with E-state index in [-0.39, 0.29) is 12.1 Å². The molecule has 2 unspecified atom stereocenters. The lowest BCUT2D eigenvalue weighted by molar-refractivity contribution is 0.328. The minimum atomic E-state index is -3.43. The smallest absolute Gasteiger partial charge is 0.244 e. The second kappa shape index (κ2) is 5.97. The van der Waals surface area contributed by atoms with Crippen molar-refractivity contribution in [3.05, 3.63) is 23.3 Å². The molecule has 1 aromatic carbocycles. The second-order valence-corrected chi connectivity index (χ2v) is 7.79. The quantitative estimate of drug-likeness (QED) is 0.928. The van der Waals surface area contributed by atoms with Crippen molar-refractivity contribution in [3.8, 4) is 0 Å². The van der Waals surface area contributed by atoms with Crippen molar-refractivity contribution < 1.29 is 8.42 Å². The molecule has 1 aliphatic heterocycles. The lowest BCUT2D eigenvalue weighted by atomic mass is 10.1. The summed E-state index contributed by atoms with van der Waals surface area (Å²) in [6.07, 6.45) is 2.78. The molecule has 1 heterocycles. The summed E-state index contributed by atoms with van der Waals surface area (Å²) >= 11 is 0. The Morgan fingerprint density at radius 2 is 1.81 bits per heavy atom. The number of hydrogen-bond donors (Lipinski definition) is 1. The molecule has 0 radical (unpaired) electrons. The normalized spacial score (nSPS) is 23.5. The minimum Gasteiger partial charge on any atom is -0.388 e. The molecule has 1 fully saturated rings. The molecular formula is C16H26N2O2S. The van der Waals surface area contributed by atoms with Crippen molar-refractivity contribution in [2.45, 2.75) is 63.9 Å². The summed E-state index contributed by atoms with van der Waals surface area (Å²) in [5, 5.41) is 3.08. The van der Waals surface area contributed by atoms with Crippen LogP contribution in [0.5, 0.6) is 0 Å². The van der Waals surface area contributed by atoms with Crippen LogP contribution in [0.4, 0.5) is 5.69 Å². The van der Waals surface area contributed by atoms with Crippen LogP contribution in [-0.4, -0.2) is 31.9 Å². The number of hydrogen-bond acceptors (Lipinski definition) is 3. The van der Waals surface area contributed by atoms with Crippen molar-refractivity contribution in [1.29, 1.82) is 0 Å². The lowest BCUT2D eigenvalue weighted by Gasteiger charge is -2.28. The highest BCUT2D eigenvalue weighted by molar-refractivity contribution is 7.89. The van der Waals surface area contributed by atoms with Gasteiger partial charge in [0.2, 0.25) is 10.0 Å². The molecular weight excluding hydrogens is 284 g/mol. The van der Waals surface area contributed by atoms with Gasteiger partial charge < -0.3 is 5.32 Å². The van der Waals surface area contributed by atoms with Crippen molar-refractivity contribution in [2.24, 2.45) is 0 Å². The summed E-state index contributed by atoms with van der Waals surface area (Å²) < 4.78 is 28.1. The molecule has 5 heteroatoms. The Balaban J connectivity index is 2.54. The van der Waals surface area contributed by atoms with Crippen LogP contribution in [0.15, 0.2) is 17.0 Å². The Morgan fingerprint density at radius 1 is 1.24 bits per heavy atom. The van der Waals surface area contributed by atoms with Gasteiger partial charge in [0.25, 0.3) is 0 Å². The van der Waals surface area contributed by atoms with E-state index in [1.807, 2.05) is 40.0 Å². The topological polar surface area (TPSA) is 49.4 Å². The molecule has 0 aromatic heterocycles. The van der Waals surface area contributed by atoms with Crippen molar-refractivity contribution >= 4 is 15.7 Å². The van der Waals surface area contributed by atoms with E-state index in [0.717, 1.165) is 36.1 Å². The number of sulfonamides is 1. The largest absolute Gasteiger partial charge is 0.388 e. The number of benzene rings is 1. The molecule has 2 atom stereocenters. The maximum Gasteiger partial charge on any atom is 0.244 e. The zero-order chi connectivity index (χ0) is 15.8. The van der Waals surface area contributed by atoms with E-state index in [4.69, 9.17) is 0 Å². The maximum absolute atomic E-state index is 13.2. The molecule has 0 spiro atoms. The Hall–Kier alpha value is -1.07. The summed E-state index contributed by atoms with van der Waals surface area (Å²) in [6, 6.07) is 4.03. The number of aryl methyl sites for hydroxylation is 2. The molecule has 0 amide bonds. The van der Waals surface area contributed by atoms with Gasteiger partial charge in [-0.15, -0.1) is 0 Å². The first-order chi connectivity index (χ1) is 9.82. The van der Waals surface area contributed by atoms with E-state index in [1.54, 1.807) is 4.31 Å². The number of rotatable bonds is 4. The van der Waals surface area contributed by atoms with Gasteiger partial charge in [-0.2, -0.15) is 4.31 Å². The average molecular weight is 310 g/mol. The van der Waals surface area contributed by atoms with Gasteiger partial charge in [-0.1, -0.05) is 6.92 Å². The summed E-state index contributed by atoms with van der Waals surface area (Å²) in [5.74, 6) is 0. The molecule has 21 heavy (non-hydrogen) atoms. The fourth-order valence-corrected chi connectivity index (χ4v) is 5.84. The van der Waals surface area contributed by atoms with Gasteiger partial charge in [0.1, 0.15) is 0 Å². The third-order valence-corrected chi connectivity index (χ3v) is 6.84. The first-order valence-corrected chi connectivity index (χ1v) is 9.09. The molecule has 4 nitrogen and oxygen atoms in total. The Kier molecular flexibility index (Phi) is 4.63. The third-order valence-electron chi connectivity index (χ3n) is 4.47. The number of nitrogens with one attached hydrogen (secondary N) is 1. The predicted molar refractivity (Wildman–Crippen MR) is 87.3 cm³/mol. The molecule has 0 bridgehead atoms. The molecule has 118 valence electrons. The standard InChI is InChI=1S/C16H26N2O2S/c1-6-15-8-7-13(4)18(15)21(19,20)16-11(2)9-14(17-5)10-12(16)3/h9-10,13,15,17H,6-8H2,1-5H3. The lowest BCUT2D eigenvalue weighted by Crippen LogP contribution is -2.40. The molecule has 1 aliphatic rings. The summed E-state index contributed by atoms with van der Waals surface area (Å²) in [7, 11) is -1.58. The minimum absolute atomic E-state index is 0.0859. The average Bonchev–Trinajstić information content (AvgIpc) is 2.79. The Labute approximate surface area is 128 Å². The SMILES string of the molecule is CCC1CCC(C)N1S(=O)(=O)c1c(C)cc(NC)cc1C. The van der Waals surface area contributed by atoms with Crippen molar-refractivity contribution in [2.75, 3.05) is 12.4 Å². The molecule has 2 rings (SSSR count). The van der Waals surface area contributed by atoms with Gasteiger partial charge >= 0.3 is 0 Å². The Morgan fingerprint density at radius 3 is 2.29 bits per heavy atom. The molecule has 1 aromatic rings. The Bertz CT molecular complexity index is 602. The van der Waals surface area contributed by atoms with E-state index in [2.05, 4.69) is 12.2 Å². The summed E-state index contributed by atoms with van der Waals surface area (Å²) in [6.45, 7) is 7.83. The zero-order valence-corrected chi connectivity index (χ0v) is 14.4. The van der Waals surface area contributed by atoms with E-state index >= 15 is 0 Å². The monoisotopic (exact) mass is 310 g/mol. The first kappa shape index (κ1) is 16.3. The van der Waals surface area contributed by atoms with Crippen LogP contribution in [0.25, 0.3) is 0 Å². The molecule has 0 aliphatic carbocycles. The van der Waals surface area contributed by atoms with Gasteiger partial charge in [-0.3, -0.25) is 0 Å². The highest BCUT2D eigenvalue weighted by Crippen LogP contribution is 2.35. The van der Waals surface area contributed by atoms with Crippen LogP contribution in [0.3, 0.4) is 0 Å². The van der Waals surface area contributed by atoms with Crippen LogP contribution in [0.2, 0.25) is 0 Å². The first-order valence-electron chi connectivity index (χ1n) is 7.65. The fourth-order valence-electron chi connectivity index (χ4n) is 3.47. The summed E-state index contributed by atoms with van der Waals surface area (Å²) in [4.78, 5) is 0.480. The highest BCUT2D eigenvalue weighted by Gasteiger charge is 2.40. The van der Waals surface area contributed by atoms with Crippen LogP contribution in [0, 0.1) is 13.8 Å².